The topological polar surface area (TPSA) is 52.6 Å². The SMILES string of the molecule is CC(C)(C)OC(=O)CCOC(=O)Cc1ccc(-c2ccccc2)cc1. The highest BCUT2D eigenvalue weighted by Crippen LogP contribution is 2.19. The summed E-state index contributed by atoms with van der Waals surface area (Å²) in [6, 6.07) is 17.8. The summed E-state index contributed by atoms with van der Waals surface area (Å²) in [7, 11) is 0. The number of ether oxygens (including phenoxy) is 2. The third-order valence-corrected chi connectivity index (χ3v) is 3.40. The van der Waals surface area contributed by atoms with E-state index < -0.39 is 5.60 Å². The van der Waals surface area contributed by atoms with Crippen molar-refractivity contribution in [3.8, 4) is 11.1 Å². The Balaban J connectivity index is 1.78. The van der Waals surface area contributed by atoms with E-state index >= 15 is 0 Å². The first-order valence-electron chi connectivity index (χ1n) is 8.35. The van der Waals surface area contributed by atoms with E-state index in [1.165, 1.54) is 0 Å². The fourth-order valence-corrected chi connectivity index (χ4v) is 2.30. The first-order chi connectivity index (χ1) is 11.8. The van der Waals surface area contributed by atoms with Crippen LogP contribution in [0.25, 0.3) is 11.1 Å². The third-order valence-electron chi connectivity index (χ3n) is 3.40. The maximum Gasteiger partial charge on any atom is 0.310 e. The van der Waals surface area contributed by atoms with Gasteiger partial charge in [0.15, 0.2) is 0 Å². The van der Waals surface area contributed by atoms with Crippen molar-refractivity contribution in [3.63, 3.8) is 0 Å². The summed E-state index contributed by atoms with van der Waals surface area (Å²) >= 11 is 0. The van der Waals surface area contributed by atoms with Crippen molar-refractivity contribution >= 4 is 11.9 Å². The van der Waals surface area contributed by atoms with E-state index in [0.717, 1.165) is 16.7 Å². The van der Waals surface area contributed by atoms with Crippen LogP contribution in [0.2, 0.25) is 0 Å². The molecule has 25 heavy (non-hydrogen) atoms. The van der Waals surface area contributed by atoms with Crippen molar-refractivity contribution in [2.45, 2.75) is 39.2 Å². The van der Waals surface area contributed by atoms with Crippen LogP contribution in [0.1, 0.15) is 32.8 Å². The third kappa shape index (κ3) is 6.79. The molecule has 132 valence electrons. The highest BCUT2D eigenvalue weighted by molar-refractivity contribution is 5.74. The second kappa shape index (κ2) is 8.47. The van der Waals surface area contributed by atoms with E-state index in [9.17, 15) is 9.59 Å². The van der Waals surface area contributed by atoms with Gasteiger partial charge < -0.3 is 9.47 Å². The molecule has 0 saturated carbocycles. The number of hydrogen-bond donors (Lipinski definition) is 0. The maximum atomic E-state index is 11.9. The molecular formula is C21H24O4. The van der Waals surface area contributed by atoms with E-state index in [1.54, 1.807) is 20.8 Å². The first kappa shape index (κ1) is 18.7. The number of benzene rings is 2. The number of carbonyl (C=O) groups is 2. The van der Waals surface area contributed by atoms with Crippen LogP contribution in [0.3, 0.4) is 0 Å². The van der Waals surface area contributed by atoms with E-state index in [2.05, 4.69) is 0 Å². The normalized spacial score (nSPS) is 11.0. The van der Waals surface area contributed by atoms with Crippen molar-refractivity contribution in [3.05, 3.63) is 60.2 Å². The van der Waals surface area contributed by atoms with E-state index in [-0.39, 0.29) is 31.4 Å². The van der Waals surface area contributed by atoms with Crippen LogP contribution < -0.4 is 0 Å². The Bertz CT molecular complexity index is 697. The quantitative estimate of drug-likeness (QED) is 0.741. The highest BCUT2D eigenvalue weighted by Gasteiger charge is 2.16. The minimum absolute atomic E-state index is 0.0375. The van der Waals surface area contributed by atoms with Crippen molar-refractivity contribution in [2.75, 3.05) is 6.61 Å². The first-order valence-corrected chi connectivity index (χ1v) is 8.35. The zero-order valence-electron chi connectivity index (χ0n) is 15.0. The molecule has 0 atom stereocenters. The molecule has 2 aromatic rings. The maximum absolute atomic E-state index is 11.9. The van der Waals surface area contributed by atoms with Gasteiger partial charge >= 0.3 is 11.9 Å². The van der Waals surface area contributed by atoms with Crippen LogP contribution in [0.15, 0.2) is 54.6 Å². The second-order valence-electron chi connectivity index (χ2n) is 6.80. The molecule has 0 N–H and O–H groups in total. The van der Waals surface area contributed by atoms with Gasteiger partial charge in [0.25, 0.3) is 0 Å². The molecule has 0 aromatic heterocycles. The molecule has 0 aliphatic carbocycles. The van der Waals surface area contributed by atoms with E-state index in [4.69, 9.17) is 9.47 Å². The summed E-state index contributed by atoms with van der Waals surface area (Å²) in [5.74, 6) is -0.719. The van der Waals surface area contributed by atoms with Crippen LogP contribution in [-0.4, -0.2) is 24.1 Å². The molecule has 0 saturated heterocycles. The molecule has 4 nitrogen and oxygen atoms in total. The lowest BCUT2D eigenvalue weighted by Gasteiger charge is -2.19. The molecular weight excluding hydrogens is 316 g/mol. The lowest BCUT2D eigenvalue weighted by Crippen LogP contribution is -2.25. The van der Waals surface area contributed by atoms with Crippen LogP contribution >= 0.6 is 0 Å². The number of carbonyl (C=O) groups excluding carboxylic acids is 2. The summed E-state index contributed by atoms with van der Waals surface area (Å²) in [5, 5.41) is 0. The van der Waals surface area contributed by atoms with Gasteiger partial charge in [-0.15, -0.1) is 0 Å². The average Bonchev–Trinajstić information content (AvgIpc) is 2.54. The summed E-state index contributed by atoms with van der Waals surface area (Å²) < 4.78 is 10.3. The Morgan fingerprint density at radius 2 is 1.44 bits per heavy atom. The van der Waals surface area contributed by atoms with Gasteiger partial charge in [0.2, 0.25) is 0 Å². The van der Waals surface area contributed by atoms with Gasteiger partial charge in [0.05, 0.1) is 12.8 Å². The summed E-state index contributed by atoms with van der Waals surface area (Å²) in [6.45, 7) is 5.44. The Morgan fingerprint density at radius 1 is 0.840 bits per heavy atom. The van der Waals surface area contributed by atoms with E-state index in [1.807, 2.05) is 54.6 Å². The zero-order valence-corrected chi connectivity index (χ0v) is 15.0. The lowest BCUT2D eigenvalue weighted by atomic mass is 10.0. The molecule has 0 aliphatic heterocycles. The summed E-state index contributed by atoms with van der Waals surface area (Å²) in [6.07, 6.45) is 0.249. The summed E-state index contributed by atoms with van der Waals surface area (Å²) in [5.41, 5.74) is 2.58. The van der Waals surface area contributed by atoms with Crippen molar-refractivity contribution in [1.82, 2.24) is 0 Å². The molecule has 0 radical (unpaired) electrons. The van der Waals surface area contributed by atoms with Gasteiger partial charge in [-0.25, -0.2) is 0 Å². The van der Waals surface area contributed by atoms with Crippen LogP contribution in [0.5, 0.6) is 0 Å². The van der Waals surface area contributed by atoms with Crippen molar-refractivity contribution in [1.29, 1.82) is 0 Å². The molecule has 0 amide bonds. The number of rotatable bonds is 6. The van der Waals surface area contributed by atoms with Crippen molar-refractivity contribution in [2.24, 2.45) is 0 Å². The smallest absolute Gasteiger partial charge is 0.310 e. The fraction of sp³-hybridized carbons (Fsp3) is 0.333. The standard InChI is InChI=1S/C21H24O4/c1-21(2,3)25-19(22)13-14-24-20(23)15-16-9-11-18(12-10-16)17-7-5-4-6-8-17/h4-12H,13-15H2,1-3H3. The minimum Gasteiger partial charge on any atom is -0.465 e. The average molecular weight is 340 g/mol. The predicted molar refractivity (Wildman–Crippen MR) is 97.0 cm³/mol. The van der Waals surface area contributed by atoms with Gasteiger partial charge in [-0.2, -0.15) is 0 Å². The Morgan fingerprint density at radius 3 is 2.04 bits per heavy atom. The molecule has 2 rings (SSSR count). The molecule has 0 unspecified atom stereocenters. The Hall–Kier alpha value is -2.62. The van der Waals surface area contributed by atoms with Gasteiger partial charge in [0, 0.05) is 0 Å². The predicted octanol–water partition coefficient (Wildman–Crippen LogP) is 4.17. The Labute approximate surface area is 148 Å². The molecule has 2 aromatic carbocycles. The molecule has 0 fully saturated rings. The molecule has 4 heteroatoms. The lowest BCUT2D eigenvalue weighted by molar-refractivity contribution is -0.157. The summed E-state index contributed by atoms with van der Waals surface area (Å²) in [4.78, 5) is 23.4. The largest absolute Gasteiger partial charge is 0.465 e. The van der Waals surface area contributed by atoms with Gasteiger partial charge in [-0.3, -0.25) is 9.59 Å². The van der Waals surface area contributed by atoms with Gasteiger partial charge in [-0.1, -0.05) is 54.6 Å². The zero-order chi connectivity index (χ0) is 18.3. The fourth-order valence-electron chi connectivity index (χ4n) is 2.30. The highest BCUT2D eigenvalue weighted by atomic mass is 16.6. The second-order valence-corrected chi connectivity index (χ2v) is 6.80. The van der Waals surface area contributed by atoms with E-state index in [0.29, 0.717) is 0 Å². The monoisotopic (exact) mass is 340 g/mol. The van der Waals surface area contributed by atoms with Crippen LogP contribution in [0.4, 0.5) is 0 Å². The van der Waals surface area contributed by atoms with Gasteiger partial charge in [-0.05, 0) is 37.5 Å². The van der Waals surface area contributed by atoms with Gasteiger partial charge in [0.1, 0.15) is 12.2 Å². The minimum atomic E-state index is -0.526. The Kier molecular flexibility index (Phi) is 6.34. The molecule has 0 aliphatic rings. The molecule has 0 bridgehead atoms. The van der Waals surface area contributed by atoms with Crippen molar-refractivity contribution < 1.29 is 19.1 Å². The van der Waals surface area contributed by atoms with Crippen LogP contribution in [-0.2, 0) is 25.5 Å². The van der Waals surface area contributed by atoms with Crippen LogP contribution in [0, 0.1) is 0 Å². The number of hydrogen-bond acceptors (Lipinski definition) is 4. The molecule has 0 spiro atoms. The molecule has 0 heterocycles. The number of esters is 2.